The number of hydrogen-bond donors (Lipinski definition) is 2. The monoisotopic (exact) mass is 279 g/mol. The fourth-order valence-corrected chi connectivity index (χ4v) is 2.82. The van der Waals surface area contributed by atoms with E-state index in [1.807, 2.05) is 0 Å². The summed E-state index contributed by atoms with van der Waals surface area (Å²) >= 11 is 1.18. The molecule has 7 nitrogen and oxygen atoms in total. The smallest absolute Gasteiger partial charge is 0.295 e. The van der Waals surface area contributed by atoms with Gasteiger partial charge in [-0.05, 0) is 6.92 Å². The van der Waals surface area contributed by atoms with Crippen molar-refractivity contribution in [1.82, 2.24) is 14.6 Å². The average Bonchev–Trinajstić information content (AvgIpc) is 2.69. The van der Waals surface area contributed by atoms with Crippen LogP contribution in [0.5, 0.6) is 17.2 Å². The number of hydrogen-bond acceptors (Lipinski definition) is 7. The molecule has 98 valence electrons. The quantitative estimate of drug-likeness (QED) is 0.646. The lowest BCUT2D eigenvalue weighted by molar-refractivity contribution is 0.354. The van der Waals surface area contributed by atoms with Crippen LogP contribution < -0.4 is 10.3 Å². The Morgan fingerprint density at radius 3 is 2.84 bits per heavy atom. The van der Waals surface area contributed by atoms with E-state index in [0.717, 1.165) is 0 Å². The molecule has 0 unspecified atom stereocenters. The molecule has 0 spiro atoms. The molecule has 0 amide bonds. The highest BCUT2D eigenvalue weighted by Gasteiger charge is 2.19. The van der Waals surface area contributed by atoms with Crippen molar-refractivity contribution in [3.8, 4) is 17.2 Å². The Morgan fingerprint density at radius 2 is 2.16 bits per heavy atom. The minimum atomic E-state index is -0.404. The highest BCUT2D eigenvalue weighted by atomic mass is 32.1. The molecule has 0 aliphatic rings. The molecular weight excluding hydrogens is 270 g/mol. The van der Waals surface area contributed by atoms with Crippen molar-refractivity contribution in [2.75, 3.05) is 7.11 Å². The number of aryl methyl sites for hydroxylation is 1. The summed E-state index contributed by atoms with van der Waals surface area (Å²) < 4.78 is 7.14. The Bertz CT molecular complexity index is 868. The number of aromatic hydroxyl groups is 2. The molecule has 0 radical (unpaired) electrons. The zero-order valence-electron chi connectivity index (χ0n) is 10.0. The summed E-state index contributed by atoms with van der Waals surface area (Å²) in [5.41, 5.74) is 0.305. The van der Waals surface area contributed by atoms with E-state index in [1.165, 1.54) is 29.0 Å². The van der Waals surface area contributed by atoms with Crippen molar-refractivity contribution in [3.05, 3.63) is 22.1 Å². The van der Waals surface area contributed by atoms with Gasteiger partial charge in [0.25, 0.3) is 5.56 Å². The normalized spacial score (nSPS) is 11.3. The van der Waals surface area contributed by atoms with E-state index >= 15 is 0 Å². The number of phenols is 2. The van der Waals surface area contributed by atoms with Gasteiger partial charge in [0.1, 0.15) is 11.2 Å². The first-order valence-electron chi connectivity index (χ1n) is 5.32. The number of nitrogens with zero attached hydrogens (tertiary/aromatic N) is 3. The van der Waals surface area contributed by atoms with E-state index in [-0.39, 0.29) is 22.9 Å². The van der Waals surface area contributed by atoms with Crippen molar-refractivity contribution < 1.29 is 14.9 Å². The summed E-state index contributed by atoms with van der Waals surface area (Å²) in [6, 6.07) is 1.38. The zero-order chi connectivity index (χ0) is 13.7. The van der Waals surface area contributed by atoms with Crippen molar-refractivity contribution in [2.45, 2.75) is 6.92 Å². The molecule has 0 aliphatic carbocycles. The maximum absolute atomic E-state index is 11.5. The predicted octanol–water partition coefficient (Wildman–Crippen LogP) is 1.03. The lowest BCUT2D eigenvalue weighted by Gasteiger charge is -2.06. The number of fused-ring (bicyclic) bond motifs is 3. The van der Waals surface area contributed by atoms with Crippen LogP contribution in [0.15, 0.2) is 10.9 Å². The van der Waals surface area contributed by atoms with E-state index < -0.39 is 5.56 Å². The Balaban J connectivity index is 2.60. The van der Waals surface area contributed by atoms with Gasteiger partial charge >= 0.3 is 0 Å². The van der Waals surface area contributed by atoms with Crippen molar-refractivity contribution >= 4 is 26.5 Å². The van der Waals surface area contributed by atoms with Crippen LogP contribution in [0, 0.1) is 6.92 Å². The minimum Gasteiger partial charge on any atom is -0.504 e. The average molecular weight is 279 g/mol. The van der Waals surface area contributed by atoms with Gasteiger partial charge in [0.05, 0.1) is 11.8 Å². The second-order valence-corrected chi connectivity index (χ2v) is 4.93. The van der Waals surface area contributed by atoms with E-state index in [9.17, 15) is 15.0 Å². The van der Waals surface area contributed by atoms with Gasteiger partial charge in [-0.15, -0.1) is 0 Å². The topological polar surface area (TPSA) is 97.0 Å². The summed E-state index contributed by atoms with van der Waals surface area (Å²) in [6.07, 6.45) is 0. The van der Waals surface area contributed by atoms with E-state index in [2.05, 4.69) is 10.1 Å². The van der Waals surface area contributed by atoms with Gasteiger partial charge in [-0.3, -0.25) is 4.79 Å². The molecule has 19 heavy (non-hydrogen) atoms. The predicted molar refractivity (Wildman–Crippen MR) is 69.3 cm³/mol. The third kappa shape index (κ3) is 1.53. The lowest BCUT2D eigenvalue weighted by Crippen LogP contribution is -2.14. The number of benzene rings is 1. The standard InChI is InChI=1S/C11H9N3O4S/c1-4-10(17)12-11-14(13-4)7-6(19-11)3-5(15)8(16)9(7)18-2/h3,15-16H,1-2H3. The maximum atomic E-state index is 11.5. The summed E-state index contributed by atoms with van der Waals surface area (Å²) in [4.78, 5) is 15.7. The van der Waals surface area contributed by atoms with Gasteiger partial charge in [0.15, 0.2) is 11.5 Å². The fourth-order valence-electron chi connectivity index (χ4n) is 1.83. The van der Waals surface area contributed by atoms with Crippen molar-refractivity contribution in [3.63, 3.8) is 0 Å². The molecule has 2 N–H and O–H groups in total. The molecule has 0 atom stereocenters. The molecule has 0 saturated carbocycles. The molecule has 0 fully saturated rings. The zero-order valence-corrected chi connectivity index (χ0v) is 10.9. The molecule has 3 rings (SSSR count). The summed E-state index contributed by atoms with van der Waals surface area (Å²) in [5, 5.41) is 23.6. The first kappa shape index (κ1) is 11.7. The maximum Gasteiger partial charge on any atom is 0.295 e. The Hall–Kier alpha value is -2.35. The SMILES string of the molecule is COc1c(O)c(O)cc2sc3nc(=O)c(C)nn3c12. The molecule has 2 heterocycles. The van der Waals surface area contributed by atoms with Crippen LogP contribution in [0.3, 0.4) is 0 Å². The number of phenolic OH excluding ortho intramolecular Hbond substituents is 2. The van der Waals surface area contributed by atoms with Crippen molar-refractivity contribution in [2.24, 2.45) is 0 Å². The lowest BCUT2D eigenvalue weighted by atomic mass is 10.2. The molecule has 3 aromatic rings. The van der Waals surface area contributed by atoms with Crippen LogP contribution in [-0.2, 0) is 0 Å². The summed E-state index contributed by atoms with van der Waals surface area (Å²) in [5.74, 6) is -0.568. The molecule has 0 saturated heterocycles. The first-order chi connectivity index (χ1) is 9.02. The number of methoxy groups -OCH3 is 1. The second kappa shape index (κ2) is 3.82. The van der Waals surface area contributed by atoms with Crippen LogP contribution in [-0.4, -0.2) is 31.9 Å². The molecule has 8 heteroatoms. The van der Waals surface area contributed by atoms with Crippen LogP contribution in [0.1, 0.15) is 5.69 Å². The van der Waals surface area contributed by atoms with Gasteiger partial charge in [-0.2, -0.15) is 10.1 Å². The van der Waals surface area contributed by atoms with Crippen LogP contribution >= 0.6 is 11.3 Å². The fraction of sp³-hybridized carbons (Fsp3) is 0.182. The van der Waals surface area contributed by atoms with Gasteiger partial charge in [-0.1, -0.05) is 11.3 Å². The highest BCUT2D eigenvalue weighted by Crippen LogP contribution is 2.43. The molecular formula is C11H9N3O4S. The number of ether oxygens (including phenoxy) is 1. The van der Waals surface area contributed by atoms with Crippen molar-refractivity contribution in [1.29, 1.82) is 0 Å². The second-order valence-electron chi connectivity index (χ2n) is 3.92. The van der Waals surface area contributed by atoms with E-state index in [4.69, 9.17) is 4.74 Å². The third-order valence-corrected chi connectivity index (χ3v) is 3.71. The van der Waals surface area contributed by atoms with Crippen LogP contribution in [0.4, 0.5) is 0 Å². The summed E-state index contributed by atoms with van der Waals surface area (Å²) in [6.45, 7) is 1.55. The Kier molecular flexibility index (Phi) is 2.36. The first-order valence-corrected chi connectivity index (χ1v) is 6.13. The number of thiazole rings is 1. The number of rotatable bonds is 1. The third-order valence-electron chi connectivity index (χ3n) is 2.73. The molecule has 0 bridgehead atoms. The van der Waals surface area contributed by atoms with Crippen LogP contribution in [0.2, 0.25) is 0 Å². The minimum absolute atomic E-state index is 0.0959. The van der Waals surface area contributed by atoms with Gasteiger partial charge < -0.3 is 14.9 Å². The van der Waals surface area contributed by atoms with Gasteiger partial charge in [-0.25, -0.2) is 4.52 Å². The van der Waals surface area contributed by atoms with Gasteiger partial charge in [0.2, 0.25) is 10.7 Å². The van der Waals surface area contributed by atoms with E-state index in [1.54, 1.807) is 6.92 Å². The largest absolute Gasteiger partial charge is 0.504 e. The summed E-state index contributed by atoms with van der Waals surface area (Å²) in [7, 11) is 1.38. The molecule has 1 aromatic carbocycles. The number of aromatic nitrogens is 3. The highest BCUT2D eigenvalue weighted by molar-refractivity contribution is 7.23. The molecule has 0 aliphatic heterocycles. The van der Waals surface area contributed by atoms with Crippen LogP contribution in [0.25, 0.3) is 15.2 Å². The molecule has 2 aromatic heterocycles. The van der Waals surface area contributed by atoms with E-state index in [0.29, 0.717) is 15.2 Å². The Labute approximate surface area is 110 Å². The van der Waals surface area contributed by atoms with Gasteiger partial charge in [0, 0.05) is 6.07 Å². The Morgan fingerprint density at radius 1 is 1.42 bits per heavy atom.